The van der Waals surface area contributed by atoms with Crippen LogP contribution in [0.1, 0.15) is 18.9 Å². The van der Waals surface area contributed by atoms with E-state index in [0.717, 1.165) is 44.8 Å². The lowest BCUT2D eigenvalue weighted by Crippen LogP contribution is -2.52. The number of hydrogen-bond donors (Lipinski definition) is 2. The highest BCUT2D eigenvalue weighted by molar-refractivity contribution is 5.28. The van der Waals surface area contributed by atoms with Crippen molar-refractivity contribution in [2.75, 3.05) is 39.9 Å². The van der Waals surface area contributed by atoms with Gasteiger partial charge in [0.25, 0.3) is 0 Å². The molecule has 0 bridgehead atoms. The third-order valence-electron chi connectivity index (χ3n) is 4.19. The van der Waals surface area contributed by atoms with Gasteiger partial charge in [0.2, 0.25) is 0 Å². The average molecular weight is 278 g/mol. The van der Waals surface area contributed by atoms with Crippen molar-refractivity contribution in [3.05, 3.63) is 29.8 Å². The number of rotatable bonds is 5. The molecule has 1 unspecified atom stereocenters. The van der Waals surface area contributed by atoms with Crippen molar-refractivity contribution in [2.45, 2.75) is 25.3 Å². The number of hydrogen-bond acceptors (Lipinski definition) is 4. The molecule has 4 nitrogen and oxygen atoms in total. The number of ether oxygens (including phenoxy) is 1. The monoisotopic (exact) mass is 278 g/mol. The van der Waals surface area contributed by atoms with Gasteiger partial charge in [-0.2, -0.15) is 0 Å². The van der Waals surface area contributed by atoms with Crippen LogP contribution in [0.25, 0.3) is 0 Å². The van der Waals surface area contributed by atoms with E-state index < -0.39 is 0 Å². The lowest BCUT2D eigenvalue weighted by molar-refractivity contribution is 0.0479. The fraction of sp³-hybridized carbons (Fsp3) is 0.625. The molecule has 2 rings (SSSR count). The van der Waals surface area contributed by atoms with Gasteiger partial charge in [-0.05, 0) is 44.0 Å². The van der Waals surface area contributed by atoms with Crippen LogP contribution < -0.4 is 10.1 Å². The van der Waals surface area contributed by atoms with E-state index in [2.05, 4.69) is 29.3 Å². The Balaban J connectivity index is 2.08. The minimum atomic E-state index is -0.194. The Kier molecular flexibility index (Phi) is 5.40. The van der Waals surface area contributed by atoms with Crippen LogP contribution in [-0.2, 0) is 6.42 Å². The Bertz CT molecular complexity index is 399. The smallest absolute Gasteiger partial charge is 0.118 e. The molecule has 1 aliphatic rings. The number of benzene rings is 1. The molecule has 1 aromatic carbocycles. The Morgan fingerprint density at radius 3 is 2.65 bits per heavy atom. The highest BCUT2D eigenvalue weighted by Gasteiger charge is 2.31. The van der Waals surface area contributed by atoms with Crippen molar-refractivity contribution in [3.8, 4) is 5.75 Å². The van der Waals surface area contributed by atoms with E-state index >= 15 is 0 Å². The number of nitrogens with one attached hydrogen (secondary N) is 1. The van der Waals surface area contributed by atoms with Gasteiger partial charge in [-0.1, -0.05) is 12.1 Å². The first-order valence-corrected chi connectivity index (χ1v) is 7.37. The zero-order chi connectivity index (χ0) is 14.4. The van der Waals surface area contributed by atoms with Crippen LogP contribution in [0.15, 0.2) is 24.3 Å². The highest BCUT2D eigenvalue weighted by atomic mass is 16.5. The molecule has 20 heavy (non-hydrogen) atoms. The molecule has 112 valence electrons. The maximum atomic E-state index is 9.90. The summed E-state index contributed by atoms with van der Waals surface area (Å²) in [6.45, 7) is 6.44. The second-order valence-electron chi connectivity index (χ2n) is 5.77. The average Bonchev–Trinajstić information content (AvgIpc) is 2.77. The summed E-state index contributed by atoms with van der Waals surface area (Å²) >= 11 is 0. The molecule has 4 heteroatoms. The van der Waals surface area contributed by atoms with E-state index in [1.165, 1.54) is 5.56 Å². The fourth-order valence-corrected chi connectivity index (χ4v) is 2.84. The van der Waals surface area contributed by atoms with Crippen molar-refractivity contribution < 1.29 is 9.84 Å². The molecule has 1 aliphatic heterocycles. The van der Waals surface area contributed by atoms with E-state index in [1.54, 1.807) is 7.11 Å². The maximum Gasteiger partial charge on any atom is 0.118 e. The summed E-state index contributed by atoms with van der Waals surface area (Å²) in [6, 6.07) is 8.14. The van der Waals surface area contributed by atoms with E-state index in [0.29, 0.717) is 0 Å². The van der Waals surface area contributed by atoms with Crippen LogP contribution in [0.5, 0.6) is 5.75 Å². The van der Waals surface area contributed by atoms with Crippen molar-refractivity contribution >= 4 is 0 Å². The summed E-state index contributed by atoms with van der Waals surface area (Å²) in [4.78, 5) is 2.41. The Morgan fingerprint density at radius 2 is 2.00 bits per heavy atom. The minimum absolute atomic E-state index is 0.180. The molecule has 0 amide bonds. The van der Waals surface area contributed by atoms with Crippen LogP contribution >= 0.6 is 0 Å². The first-order chi connectivity index (χ1) is 9.68. The van der Waals surface area contributed by atoms with E-state index in [-0.39, 0.29) is 12.1 Å². The van der Waals surface area contributed by atoms with Crippen LogP contribution in [0.3, 0.4) is 0 Å². The fourth-order valence-electron chi connectivity index (χ4n) is 2.84. The predicted octanol–water partition coefficient (Wildman–Crippen LogP) is 1.28. The van der Waals surface area contributed by atoms with Gasteiger partial charge in [-0.25, -0.2) is 0 Å². The summed E-state index contributed by atoms with van der Waals surface area (Å²) in [7, 11) is 1.68. The quantitative estimate of drug-likeness (QED) is 0.852. The lowest BCUT2D eigenvalue weighted by Gasteiger charge is -2.39. The molecule has 0 radical (unpaired) electrons. The van der Waals surface area contributed by atoms with E-state index in [9.17, 15) is 5.11 Å². The second kappa shape index (κ2) is 7.07. The molecular formula is C16H26N2O2. The second-order valence-corrected chi connectivity index (χ2v) is 5.77. The zero-order valence-corrected chi connectivity index (χ0v) is 12.6. The van der Waals surface area contributed by atoms with Gasteiger partial charge in [0.05, 0.1) is 13.7 Å². The van der Waals surface area contributed by atoms with Crippen LogP contribution in [0, 0.1) is 0 Å². The topological polar surface area (TPSA) is 44.7 Å². The van der Waals surface area contributed by atoms with Gasteiger partial charge in [-0.3, -0.25) is 4.90 Å². The van der Waals surface area contributed by atoms with Crippen molar-refractivity contribution in [1.29, 1.82) is 0 Å². The molecule has 1 atom stereocenters. The Morgan fingerprint density at radius 1 is 1.25 bits per heavy atom. The normalized spacial score (nSPS) is 20.1. The predicted molar refractivity (Wildman–Crippen MR) is 81.2 cm³/mol. The van der Waals surface area contributed by atoms with Crippen LogP contribution in [0.4, 0.5) is 0 Å². The SMILES string of the molecule is COc1ccc(CC(C)(CO)N2CCCNCC2)cc1. The summed E-state index contributed by atoms with van der Waals surface area (Å²) in [5.74, 6) is 0.874. The molecule has 1 heterocycles. The first kappa shape index (κ1) is 15.3. The summed E-state index contributed by atoms with van der Waals surface area (Å²) in [5.41, 5.74) is 1.04. The van der Waals surface area contributed by atoms with Crippen LogP contribution in [-0.4, -0.2) is 55.4 Å². The van der Waals surface area contributed by atoms with Gasteiger partial charge < -0.3 is 15.2 Å². The third-order valence-corrected chi connectivity index (χ3v) is 4.19. The van der Waals surface area contributed by atoms with Crippen molar-refractivity contribution in [2.24, 2.45) is 0 Å². The molecular weight excluding hydrogens is 252 g/mol. The van der Waals surface area contributed by atoms with Gasteiger partial charge >= 0.3 is 0 Å². The van der Waals surface area contributed by atoms with Crippen LogP contribution in [0.2, 0.25) is 0 Å². The number of aliphatic hydroxyl groups is 1. The number of methoxy groups -OCH3 is 1. The lowest BCUT2D eigenvalue weighted by atomic mass is 9.91. The summed E-state index contributed by atoms with van der Waals surface area (Å²) in [5, 5.41) is 13.3. The van der Waals surface area contributed by atoms with Crippen molar-refractivity contribution in [1.82, 2.24) is 10.2 Å². The Hall–Kier alpha value is -1.10. The molecule has 1 saturated heterocycles. The molecule has 0 spiro atoms. The van der Waals surface area contributed by atoms with Gasteiger partial charge in [0.1, 0.15) is 5.75 Å². The molecule has 0 aliphatic carbocycles. The van der Waals surface area contributed by atoms with E-state index in [1.807, 2.05) is 12.1 Å². The largest absolute Gasteiger partial charge is 0.497 e. The zero-order valence-electron chi connectivity index (χ0n) is 12.6. The number of nitrogens with zero attached hydrogens (tertiary/aromatic N) is 1. The van der Waals surface area contributed by atoms with E-state index in [4.69, 9.17) is 4.74 Å². The molecule has 1 fully saturated rings. The molecule has 0 aromatic heterocycles. The standard InChI is InChI=1S/C16H26N2O2/c1-16(13-19,18-10-3-8-17-9-11-18)12-14-4-6-15(20-2)7-5-14/h4-7,17,19H,3,8-13H2,1-2H3. The third kappa shape index (κ3) is 3.72. The first-order valence-electron chi connectivity index (χ1n) is 7.37. The number of aliphatic hydroxyl groups excluding tert-OH is 1. The summed E-state index contributed by atoms with van der Waals surface area (Å²) in [6.07, 6.45) is 1.99. The Labute approximate surface area is 121 Å². The van der Waals surface area contributed by atoms with Crippen molar-refractivity contribution in [3.63, 3.8) is 0 Å². The van der Waals surface area contributed by atoms with Gasteiger partial charge in [0.15, 0.2) is 0 Å². The molecule has 2 N–H and O–H groups in total. The summed E-state index contributed by atoms with van der Waals surface area (Å²) < 4.78 is 5.19. The van der Waals surface area contributed by atoms with Gasteiger partial charge in [-0.15, -0.1) is 0 Å². The minimum Gasteiger partial charge on any atom is -0.497 e. The molecule has 1 aromatic rings. The van der Waals surface area contributed by atoms with Gasteiger partial charge in [0, 0.05) is 25.2 Å². The molecule has 0 saturated carbocycles. The highest BCUT2D eigenvalue weighted by Crippen LogP contribution is 2.23. The maximum absolute atomic E-state index is 9.90.